The van der Waals surface area contributed by atoms with Crippen molar-refractivity contribution in [3.05, 3.63) is 66.0 Å². The Kier molecular flexibility index (Phi) is 5.19. The van der Waals surface area contributed by atoms with Gasteiger partial charge in [0.25, 0.3) is 0 Å². The van der Waals surface area contributed by atoms with Crippen LogP contribution < -0.4 is 5.32 Å². The third kappa shape index (κ3) is 4.42. The number of H-pyrrole nitrogens is 1. The van der Waals surface area contributed by atoms with Crippen LogP contribution in [-0.4, -0.2) is 27.8 Å². The number of fused-ring (bicyclic) bond motifs is 1. The minimum Gasteiger partial charge on any atom is -0.445 e. The van der Waals surface area contributed by atoms with Gasteiger partial charge in [0.1, 0.15) is 12.1 Å². The Morgan fingerprint density at radius 3 is 3.00 bits per heavy atom. The highest BCUT2D eigenvalue weighted by atomic mass is 16.5. The van der Waals surface area contributed by atoms with Gasteiger partial charge in [-0.05, 0) is 23.6 Å². The van der Waals surface area contributed by atoms with Gasteiger partial charge in [-0.3, -0.25) is 10.1 Å². The van der Waals surface area contributed by atoms with Gasteiger partial charge in [-0.15, -0.1) is 0 Å². The van der Waals surface area contributed by atoms with Gasteiger partial charge in [0.05, 0.1) is 11.7 Å². The summed E-state index contributed by atoms with van der Waals surface area (Å²) >= 11 is 0. The van der Waals surface area contributed by atoms with Crippen LogP contribution in [0.1, 0.15) is 17.5 Å². The van der Waals surface area contributed by atoms with Crippen LogP contribution in [-0.2, 0) is 11.3 Å². The Hall–Kier alpha value is -3.15. The van der Waals surface area contributed by atoms with E-state index < -0.39 is 6.09 Å². The fourth-order valence-corrected chi connectivity index (χ4v) is 2.19. The van der Waals surface area contributed by atoms with Gasteiger partial charge in [0.15, 0.2) is 0 Å². The molecule has 0 atom stereocenters. The molecular formula is C18H18N4O2. The zero-order chi connectivity index (χ0) is 16.6. The van der Waals surface area contributed by atoms with Crippen molar-refractivity contribution in [1.29, 1.82) is 0 Å². The Morgan fingerprint density at radius 2 is 2.12 bits per heavy atom. The van der Waals surface area contributed by atoms with Crippen LogP contribution in [0.5, 0.6) is 0 Å². The average Bonchev–Trinajstić information content (AvgIpc) is 3.08. The number of hydrogen-bond acceptors (Lipinski definition) is 4. The highest BCUT2D eigenvalue weighted by molar-refractivity contribution is 5.75. The van der Waals surface area contributed by atoms with E-state index in [1.807, 2.05) is 48.6 Å². The van der Waals surface area contributed by atoms with Crippen LogP contribution >= 0.6 is 0 Å². The monoisotopic (exact) mass is 322 g/mol. The highest BCUT2D eigenvalue weighted by Crippen LogP contribution is 2.10. The second-order valence-corrected chi connectivity index (χ2v) is 5.25. The maximum atomic E-state index is 11.6. The van der Waals surface area contributed by atoms with Gasteiger partial charge in [-0.25, -0.2) is 4.79 Å². The van der Waals surface area contributed by atoms with Crippen molar-refractivity contribution in [2.75, 3.05) is 6.54 Å². The number of amides is 1. The number of benzene rings is 1. The van der Waals surface area contributed by atoms with Gasteiger partial charge in [-0.1, -0.05) is 42.5 Å². The molecule has 1 amide bonds. The number of alkyl carbamates (subject to hydrolysis) is 1. The van der Waals surface area contributed by atoms with Crippen molar-refractivity contribution in [2.45, 2.75) is 13.0 Å². The number of carbonyl (C=O) groups is 1. The van der Waals surface area contributed by atoms with Crippen molar-refractivity contribution in [1.82, 2.24) is 20.5 Å². The lowest BCUT2D eigenvalue weighted by molar-refractivity contribution is 0.140. The SMILES string of the molecule is O=C(NCCC=Cc1cnc2cn[nH]c2c1)OCc1ccccc1. The molecule has 6 nitrogen and oxygen atoms in total. The molecule has 6 heteroatoms. The molecule has 0 aliphatic carbocycles. The molecule has 0 aliphatic heterocycles. The van der Waals surface area contributed by atoms with Gasteiger partial charge in [-0.2, -0.15) is 5.10 Å². The number of nitrogens with zero attached hydrogens (tertiary/aromatic N) is 2. The minimum absolute atomic E-state index is 0.276. The van der Waals surface area contributed by atoms with Crippen LogP contribution in [0.3, 0.4) is 0 Å². The summed E-state index contributed by atoms with van der Waals surface area (Å²) in [6.45, 7) is 0.794. The molecule has 122 valence electrons. The first-order chi connectivity index (χ1) is 11.8. The summed E-state index contributed by atoms with van der Waals surface area (Å²) in [7, 11) is 0. The van der Waals surface area contributed by atoms with E-state index in [-0.39, 0.29) is 6.61 Å². The number of carbonyl (C=O) groups excluding carboxylic acids is 1. The molecule has 0 fully saturated rings. The molecule has 2 aromatic heterocycles. The molecule has 0 saturated heterocycles. The second kappa shape index (κ2) is 7.92. The predicted molar refractivity (Wildman–Crippen MR) is 92.2 cm³/mol. The maximum absolute atomic E-state index is 11.6. The molecular weight excluding hydrogens is 304 g/mol. The van der Waals surface area contributed by atoms with E-state index in [0.717, 1.165) is 22.2 Å². The van der Waals surface area contributed by atoms with Gasteiger partial charge in [0.2, 0.25) is 0 Å². The maximum Gasteiger partial charge on any atom is 0.407 e. The predicted octanol–water partition coefficient (Wildman–Crippen LogP) is 3.29. The number of ether oxygens (including phenoxy) is 1. The standard InChI is InChI=1S/C18H18N4O2/c23-18(24-13-14-6-2-1-3-7-14)19-9-5-4-8-15-10-16-17(20-11-15)12-21-22-16/h1-4,6-8,10-12H,5,9,13H2,(H,19,23)(H,21,22). The van der Waals surface area contributed by atoms with E-state index in [1.165, 1.54) is 0 Å². The summed E-state index contributed by atoms with van der Waals surface area (Å²) in [5.74, 6) is 0. The molecule has 24 heavy (non-hydrogen) atoms. The third-order valence-electron chi connectivity index (χ3n) is 3.41. The first-order valence-corrected chi connectivity index (χ1v) is 7.71. The largest absolute Gasteiger partial charge is 0.445 e. The Balaban J connectivity index is 1.37. The van der Waals surface area contributed by atoms with E-state index in [4.69, 9.17) is 4.74 Å². The van der Waals surface area contributed by atoms with Crippen molar-refractivity contribution < 1.29 is 9.53 Å². The third-order valence-corrected chi connectivity index (χ3v) is 3.41. The van der Waals surface area contributed by atoms with E-state index in [2.05, 4.69) is 20.5 Å². The van der Waals surface area contributed by atoms with E-state index in [1.54, 1.807) is 12.4 Å². The van der Waals surface area contributed by atoms with Crippen molar-refractivity contribution in [3.63, 3.8) is 0 Å². The summed E-state index contributed by atoms with van der Waals surface area (Å²) < 4.78 is 5.14. The van der Waals surface area contributed by atoms with Gasteiger partial charge >= 0.3 is 6.09 Å². The van der Waals surface area contributed by atoms with Crippen LogP contribution in [0, 0.1) is 0 Å². The van der Waals surface area contributed by atoms with E-state index >= 15 is 0 Å². The van der Waals surface area contributed by atoms with Crippen LogP contribution in [0.15, 0.2) is 54.9 Å². The average molecular weight is 322 g/mol. The lowest BCUT2D eigenvalue weighted by Crippen LogP contribution is -2.24. The first-order valence-electron chi connectivity index (χ1n) is 7.71. The molecule has 0 unspecified atom stereocenters. The van der Waals surface area contributed by atoms with Gasteiger partial charge < -0.3 is 10.1 Å². The summed E-state index contributed by atoms with van der Waals surface area (Å²) in [4.78, 5) is 15.9. The number of hydrogen-bond donors (Lipinski definition) is 2. The van der Waals surface area contributed by atoms with Crippen molar-refractivity contribution >= 4 is 23.2 Å². The Bertz CT molecular complexity index is 827. The molecule has 2 heterocycles. The van der Waals surface area contributed by atoms with Gasteiger partial charge in [0, 0.05) is 12.7 Å². The molecule has 0 saturated carbocycles. The summed E-state index contributed by atoms with van der Waals surface area (Å²) in [5, 5.41) is 9.54. The summed E-state index contributed by atoms with van der Waals surface area (Å²) in [6, 6.07) is 11.6. The quantitative estimate of drug-likeness (QED) is 0.683. The number of nitrogens with one attached hydrogen (secondary N) is 2. The highest BCUT2D eigenvalue weighted by Gasteiger charge is 2.01. The molecule has 0 spiro atoms. The zero-order valence-corrected chi connectivity index (χ0v) is 13.1. The fraction of sp³-hybridized carbons (Fsp3) is 0.167. The lowest BCUT2D eigenvalue weighted by Gasteiger charge is -2.05. The topological polar surface area (TPSA) is 79.9 Å². The normalized spacial score (nSPS) is 11.0. The molecule has 0 radical (unpaired) electrons. The minimum atomic E-state index is -0.409. The van der Waals surface area contributed by atoms with Crippen LogP contribution in [0.25, 0.3) is 17.1 Å². The second-order valence-electron chi connectivity index (χ2n) is 5.25. The molecule has 2 N–H and O–H groups in total. The number of rotatable bonds is 6. The Labute approximate surface area is 139 Å². The Morgan fingerprint density at radius 1 is 1.25 bits per heavy atom. The van der Waals surface area contributed by atoms with E-state index in [0.29, 0.717) is 13.0 Å². The smallest absolute Gasteiger partial charge is 0.407 e. The molecule has 1 aromatic carbocycles. The van der Waals surface area contributed by atoms with Crippen LogP contribution in [0.2, 0.25) is 0 Å². The molecule has 3 aromatic rings. The first kappa shape index (κ1) is 15.7. The van der Waals surface area contributed by atoms with E-state index in [9.17, 15) is 4.79 Å². The van der Waals surface area contributed by atoms with Crippen molar-refractivity contribution in [2.24, 2.45) is 0 Å². The summed E-state index contributed by atoms with van der Waals surface area (Å²) in [5.41, 5.74) is 3.70. The summed E-state index contributed by atoms with van der Waals surface area (Å²) in [6.07, 6.45) is 7.72. The zero-order valence-electron chi connectivity index (χ0n) is 13.1. The molecule has 0 aliphatic rings. The van der Waals surface area contributed by atoms with Crippen LogP contribution in [0.4, 0.5) is 4.79 Å². The number of aromatic nitrogens is 3. The van der Waals surface area contributed by atoms with Crippen molar-refractivity contribution in [3.8, 4) is 0 Å². The number of aromatic amines is 1. The fourth-order valence-electron chi connectivity index (χ4n) is 2.19. The molecule has 0 bridgehead atoms. The molecule has 3 rings (SSSR count). The number of pyridine rings is 1. The lowest BCUT2D eigenvalue weighted by atomic mass is 10.2.